The van der Waals surface area contributed by atoms with Crippen LogP contribution in [-0.4, -0.2) is 30.1 Å². The molecule has 0 unspecified atom stereocenters. The van der Waals surface area contributed by atoms with Gasteiger partial charge in [0.15, 0.2) is 11.5 Å². The summed E-state index contributed by atoms with van der Waals surface area (Å²) in [7, 11) is 3.15. The van der Waals surface area contributed by atoms with Crippen molar-refractivity contribution in [2.24, 2.45) is 0 Å². The van der Waals surface area contributed by atoms with E-state index >= 15 is 0 Å². The molecule has 0 aliphatic carbocycles. The predicted molar refractivity (Wildman–Crippen MR) is 112 cm³/mol. The number of rotatable bonds is 7. The predicted octanol–water partition coefficient (Wildman–Crippen LogP) is 3.78. The molecular weight excluding hydrogens is 368 g/mol. The highest BCUT2D eigenvalue weighted by atomic mass is 16.5. The zero-order valence-electron chi connectivity index (χ0n) is 16.9. The maximum absolute atomic E-state index is 12.4. The summed E-state index contributed by atoms with van der Waals surface area (Å²) >= 11 is 0. The molecule has 0 saturated heterocycles. The highest BCUT2D eigenvalue weighted by molar-refractivity contribution is 5.92. The largest absolute Gasteiger partial charge is 0.493 e. The van der Waals surface area contributed by atoms with Crippen molar-refractivity contribution in [3.8, 4) is 11.5 Å². The second-order valence-corrected chi connectivity index (χ2v) is 6.55. The number of carbonyl (C=O) groups excluding carboxylic acids is 1. The number of hydrogen-bond acceptors (Lipinski definition) is 6. The second-order valence-electron chi connectivity index (χ2n) is 6.55. The molecular formula is C22H24N4O3. The van der Waals surface area contributed by atoms with Gasteiger partial charge in [-0.3, -0.25) is 4.79 Å². The lowest BCUT2D eigenvalue weighted by Crippen LogP contribution is -2.24. The summed E-state index contributed by atoms with van der Waals surface area (Å²) in [4.78, 5) is 20.9. The fourth-order valence-corrected chi connectivity index (χ4v) is 2.91. The molecule has 0 atom stereocenters. The van der Waals surface area contributed by atoms with Crippen LogP contribution < -0.4 is 20.1 Å². The van der Waals surface area contributed by atoms with Gasteiger partial charge in [-0.05, 0) is 42.7 Å². The highest BCUT2D eigenvalue weighted by Gasteiger charge is 2.10. The lowest BCUT2D eigenvalue weighted by atomic mass is 10.1. The maximum Gasteiger partial charge on any atom is 0.271 e. The first kappa shape index (κ1) is 20.1. The fraction of sp³-hybridized carbons (Fsp3) is 0.227. The average molecular weight is 392 g/mol. The topological polar surface area (TPSA) is 85.4 Å². The van der Waals surface area contributed by atoms with Crippen molar-refractivity contribution in [2.45, 2.75) is 20.4 Å². The lowest BCUT2D eigenvalue weighted by Gasteiger charge is -2.12. The maximum atomic E-state index is 12.4. The Morgan fingerprint density at radius 1 is 0.966 bits per heavy atom. The quantitative estimate of drug-likeness (QED) is 0.636. The Bertz CT molecular complexity index is 983. The van der Waals surface area contributed by atoms with Gasteiger partial charge in [0.05, 0.1) is 26.6 Å². The molecule has 150 valence electrons. The number of nitrogens with one attached hydrogen (secondary N) is 2. The SMILES string of the molecule is COc1ccc(CNC(=O)c2cnc(Nc3c(C)cccc3C)cn2)cc1OC. The van der Waals surface area contributed by atoms with Gasteiger partial charge in [0.25, 0.3) is 5.91 Å². The Labute approximate surface area is 170 Å². The highest BCUT2D eigenvalue weighted by Crippen LogP contribution is 2.27. The standard InChI is InChI=1S/C22H24N4O3/c1-14-6-5-7-15(2)21(14)26-20-13-23-17(12-24-20)22(27)25-11-16-8-9-18(28-3)19(10-16)29-4/h5-10,12-13H,11H2,1-4H3,(H,24,26)(H,25,27). The third-order valence-corrected chi connectivity index (χ3v) is 4.52. The van der Waals surface area contributed by atoms with E-state index in [-0.39, 0.29) is 11.6 Å². The monoisotopic (exact) mass is 392 g/mol. The molecule has 0 aliphatic rings. The molecule has 29 heavy (non-hydrogen) atoms. The number of amides is 1. The first-order chi connectivity index (χ1) is 14.0. The zero-order valence-corrected chi connectivity index (χ0v) is 16.9. The summed E-state index contributed by atoms with van der Waals surface area (Å²) in [6, 6.07) is 11.5. The normalized spacial score (nSPS) is 10.3. The number of nitrogens with zero attached hydrogens (tertiary/aromatic N) is 2. The van der Waals surface area contributed by atoms with Crippen LogP contribution in [-0.2, 0) is 6.54 Å². The van der Waals surface area contributed by atoms with E-state index in [1.165, 1.54) is 6.20 Å². The van der Waals surface area contributed by atoms with E-state index in [1.807, 2.05) is 44.2 Å². The van der Waals surface area contributed by atoms with Crippen LogP contribution in [0.3, 0.4) is 0 Å². The van der Waals surface area contributed by atoms with E-state index < -0.39 is 0 Å². The van der Waals surface area contributed by atoms with Crippen molar-refractivity contribution in [2.75, 3.05) is 19.5 Å². The summed E-state index contributed by atoms with van der Waals surface area (Å²) in [6.45, 7) is 4.39. The minimum Gasteiger partial charge on any atom is -0.493 e. The zero-order chi connectivity index (χ0) is 20.8. The average Bonchev–Trinajstić information content (AvgIpc) is 2.75. The number of aromatic nitrogens is 2. The number of benzene rings is 2. The Morgan fingerprint density at radius 2 is 1.69 bits per heavy atom. The van der Waals surface area contributed by atoms with Crippen LogP contribution in [0, 0.1) is 13.8 Å². The van der Waals surface area contributed by atoms with Crippen LogP contribution in [0.2, 0.25) is 0 Å². The lowest BCUT2D eigenvalue weighted by molar-refractivity contribution is 0.0945. The summed E-state index contributed by atoms with van der Waals surface area (Å²) in [5, 5.41) is 6.09. The molecule has 3 rings (SSSR count). The number of anilines is 2. The van der Waals surface area contributed by atoms with Gasteiger partial charge < -0.3 is 20.1 Å². The molecule has 1 aromatic heterocycles. The van der Waals surface area contributed by atoms with Crippen molar-refractivity contribution < 1.29 is 14.3 Å². The number of hydrogen-bond donors (Lipinski definition) is 2. The van der Waals surface area contributed by atoms with E-state index in [0.29, 0.717) is 23.9 Å². The van der Waals surface area contributed by atoms with E-state index in [2.05, 4.69) is 20.6 Å². The second kappa shape index (κ2) is 9.05. The van der Waals surface area contributed by atoms with Gasteiger partial charge >= 0.3 is 0 Å². The van der Waals surface area contributed by atoms with Crippen molar-refractivity contribution in [3.63, 3.8) is 0 Å². The fourth-order valence-electron chi connectivity index (χ4n) is 2.91. The molecule has 0 spiro atoms. The summed E-state index contributed by atoms with van der Waals surface area (Å²) < 4.78 is 10.5. The molecule has 0 radical (unpaired) electrons. The Morgan fingerprint density at radius 3 is 2.31 bits per heavy atom. The molecule has 0 fully saturated rings. The summed E-state index contributed by atoms with van der Waals surface area (Å²) in [5.41, 5.74) is 4.36. The Kier molecular flexibility index (Phi) is 6.29. The van der Waals surface area contributed by atoms with Crippen LogP contribution in [0.1, 0.15) is 27.2 Å². The van der Waals surface area contributed by atoms with E-state index in [0.717, 1.165) is 22.4 Å². The summed E-state index contributed by atoms with van der Waals surface area (Å²) in [5.74, 6) is 1.53. The van der Waals surface area contributed by atoms with Gasteiger partial charge in [0.2, 0.25) is 0 Å². The minimum absolute atomic E-state index is 0.248. The number of ether oxygens (including phenoxy) is 2. The molecule has 0 aliphatic heterocycles. The molecule has 7 heteroatoms. The van der Waals surface area contributed by atoms with E-state index in [9.17, 15) is 4.79 Å². The van der Waals surface area contributed by atoms with Crippen molar-refractivity contribution in [1.82, 2.24) is 15.3 Å². The first-order valence-electron chi connectivity index (χ1n) is 9.16. The number of para-hydroxylation sites is 1. The Hall–Kier alpha value is -3.61. The third kappa shape index (κ3) is 4.82. The Balaban J connectivity index is 1.63. The molecule has 1 heterocycles. The van der Waals surface area contributed by atoms with Crippen LogP contribution in [0.4, 0.5) is 11.5 Å². The van der Waals surface area contributed by atoms with E-state index in [1.54, 1.807) is 26.5 Å². The number of carbonyl (C=O) groups is 1. The molecule has 1 amide bonds. The molecule has 2 aromatic carbocycles. The van der Waals surface area contributed by atoms with Gasteiger partial charge in [0, 0.05) is 12.2 Å². The van der Waals surface area contributed by atoms with Gasteiger partial charge in [-0.2, -0.15) is 0 Å². The van der Waals surface area contributed by atoms with Crippen molar-refractivity contribution in [1.29, 1.82) is 0 Å². The first-order valence-corrected chi connectivity index (χ1v) is 9.16. The molecule has 0 saturated carbocycles. The summed E-state index contributed by atoms with van der Waals surface area (Å²) in [6.07, 6.45) is 3.01. The van der Waals surface area contributed by atoms with Crippen LogP contribution >= 0.6 is 0 Å². The van der Waals surface area contributed by atoms with Crippen LogP contribution in [0.15, 0.2) is 48.8 Å². The van der Waals surface area contributed by atoms with Gasteiger partial charge in [0.1, 0.15) is 11.5 Å². The van der Waals surface area contributed by atoms with Crippen LogP contribution in [0.25, 0.3) is 0 Å². The van der Waals surface area contributed by atoms with Crippen molar-refractivity contribution in [3.05, 3.63) is 71.2 Å². The van der Waals surface area contributed by atoms with Gasteiger partial charge in [-0.15, -0.1) is 0 Å². The smallest absolute Gasteiger partial charge is 0.271 e. The number of aryl methyl sites for hydroxylation is 2. The molecule has 3 aromatic rings. The van der Waals surface area contributed by atoms with Gasteiger partial charge in [-0.1, -0.05) is 24.3 Å². The number of methoxy groups -OCH3 is 2. The van der Waals surface area contributed by atoms with E-state index in [4.69, 9.17) is 9.47 Å². The van der Waals surface area contributed by atoms with Crippen LogP contribution in [0.5, 0.6) is 11.5 Å². The van der Waals surface area contributed by atoms with Gasteiger partial charge in [-0.25, -0.2) is 9.97 Å². The molecule has 0 bridgehead atoms. The third-order valence-electron chi connectivity index (χ3n) is 4.52. The van der Waals surface area contributed by atoms with Crippen molar-refractivity contribution >= 4 is 17.4 Å². The molecule has 7 nitrogen and oxygen atoms in total. The molecule has 2 N–H and O–H groups in total. The minimum atomic E-state index is -0.300.